The van der Waals surface area contributed by atoms with Crippen molar-refractivity contribution in [2.24, 2.45) is 0 Å². The molecule has 3 heterocycles. The van der Waals surface area contributed by atoms with Crippen LogP contribution in [0.2, 0.25) is 0 Å². The fourth-order valence-corrected chi connectivity index (χ4v) is 2.72. The molecule has 1 aliphatic heterocycles. The van der Waals surface area contributed by atoms with E-state index < -0.39 is 7.12 Å². The van der Waals surface area contributed by atoms with Crippen molar-refractivity contribution in [2.75, 3.05) is 0 Å². The summed E-state index contributed by atoms with van der Waals surface area (Å²) in [6.07, 6.45) is 1.56. The van der Waals surface area contributed by atoms with Crippen LogP contribution in [0.15, 0.2) is 29.9 Å². The number of hydrogen-bond donors (Lipinski definition) is 0. The lowest BCUT2D eigenvalue weighted by atomic mass is 9.84. The quantitative estimate of drug-likeness (QED) is 0.796. The first-order chi connectivity index (χ1) is 9.39. The second-order valence-corrected chi connectivity index (χ2v) is 6.84. The van der Waals surface area contributed by atoms with E-state index in [1.165, 1.54) is 0 Å². The minimum atomic E-state index is -0.443. The van der Waals surface area contributed by atoms with Crippen LogP contribution in [-0.2, 0) is 9.31 Å². The summed E-state index contributed by atoms with van der Waals surface area (Å²) in [5.41, 5.74) is 0.957. The van der Waals surface area contributed by atoms with Crippen LogP contribution < -0.4 is 5.59 Å². The van der Waals surface area contributed by atoms with Crippen molar-refractivity contribution in [1.29, 1.82) is 0 Å². The first-order valence-corrected chi connectivity index (χ1v) is 7.48. The molecule has 2 aromatic heterocycles. The van der Waals surface area contributed by atoms with Crippen molar-refractivity contribution < 1.29 is 9.31 Å². The summed E-state index contributed by atoms with van der Waals surface area (Å²) in [7, 11) is -0.443. The molecule has 0 unspecified atom stereocenters. The highest BCUT2D eigenvalue weighted by atomic mass is 32.1. The van der Waals surface area contributed by atoms with E-state index in [4.69, 9.17) is 9.31 Å². The summed E-state index contributed by atoms with van der Waals surface area (Å²) >= 11 is 1.65. The fourth-order valence-electron chi connectivity index (χ4n) is 2.02. The molecule has 6 heteroatoms. The van der Waals surface area contributed by atoms with Crippen molar-refractivity contribution in [1.82, 2.24) is 9.97 Å². The summed E-state index contributed by atoms with van der Waals surface area (Å²) < 4.78 is 12.0. The fraction of sp³-hybridized carbons (Fsp3) is 0.429. The van der Waals surface area contributed by atoms with E-state index in [0.29, 0.717) is 0 Å². The average Bonchev–Trinajstić information content (AvgIpc) is 2.97. The van der Waals surface area contributed by atoms with Crippen LogP contribution in [0.25, 0.3) is 10.6 Å². The summed E-state index contributed by atoms with van der Waals surface area (Å²) in [5, 5.41) is 2.03. The standard InChI is InChI=1S/C14H17BN2O2S/c1-13(2)14(3,4)19-15(18-13)12-8-10(16-9-17-12)11-6-5-7-20-11/h5-9H,1-4H3. The third-order valence-corrected chi connectivity index (χ3v) is 4.85. The second-order valence-electron chi connectivity index (χ2n) is 5.89. The SMILES string of the molecule is CC1(C)OB(c2cc(-c3cccs3)ncn2)OC1(C)C. The predicted molar refractivity (Wildman–Crippen MR) is 81.1 cm³/mol. The Hall–Kier alpha value is -1.24. The topological polar surface area (TPSA) is 44.2 Å². The van der Waals surface area contributed by atoms with E-state index in [1.807, 2.05) is 51.3 Å². The van der Waals surface area contributed by atoms with Gasteiger partial charge in [0.25, 0.3) is 0 Å². The molecule has 0 aliphatic carbocycles. The zero-order chi connectivity index (χ0) is 14.4. The maximum absolute atomic E-state index is 6.01. The number of nitrogens with zero attached hydrogens (tertiary/aromatic N) is 2. The predicted octanol–water partition coefficient (Wildman–Crippen LogP) is 2.50. The molecule has 4 nitrogen and oxygen atoms in total. The molecule has 2 aromatic rings. The van der Waals surface area contributed by atoms with Crippen molar-refractivity contribution in [3.8, 4) is 10.6 Å². The van der Waals surface area contributed by atoms with Gasteiger partial charge >= 0.3 is 7.12 Å². The van der Waals surface area contributed by atoms with Crippen LogP contribution in [0.1, 0.15) is 27.7 Å². The normalized spacial score (nSPS) is 20.3. The van der Waals surface area contributed by atoms with Gasteiger partial charge in [-0.3, -0.25) is 0 Å². The first-order valence-electron chi connectivity index (χ1n) is 6.60. The Labute approximate surface area is 123 Å². The van der Waals surface area contributed by atoms with E-state index in [0.717, 1.165) is 16.2 Å². The van der Waals surface area contributed by atoms with Gasteiger partial charge in [0.1, 0.15) is 6.33 Å². The van der Waals surface area contributed by atoms with Crippen LogP contribution in [-0.4, -0.2) is 28.3 Å². The molecule has 0 N–H and O–H groups in total. The molecule has 0 radical (unpaired) electrons. The number of rotatable bonds is 2. The molecular weight excluding hydrogens is 271 g/mol. The van der Waals surface area contributed by atoms with Crippen LogP contribution >= 0.6 is 11.3 Å². The van der Waals surface area contributed by atoms with Gasteiger partial charge in [-0.15, -0.1) is 11.3 Å². The Kier molecular flexibility index (Phi) is 3.19. The zero-order valence-electron chi connectivity index (χ0n) is 12.1. The number of aromatic nitrogens is 2. The van der Waals surface area contributed by atoms with Crippen molar-refractivity contribution in [3.05, 3.63) is 29.9 Å². The molecule has 0 atom stereocenters. The third kappa shape index (κ3) is 2.28. The highest BCUT2D eigenvalue weighted by Gasteiger charge is 2.52. The zero-order valence-corrected chi connectivity index (χ0v) is 12.9. The molecule has 0 amide bonds. The first kappa shape index (κ1) is 13.7. The van der Waals surface area contributed by atoms with E-state index in [1.54, 1.807) is 17.7 Å². The maximum atomic E-state index is 6.01. The average molecular weight is 288 g/mol. The number of thiophene rings is 1. The highest BCUT2D eigenvalue weighted by Crippen LogP contribution is 2.36. The number of hydrogen-bond acceptors (Lipinski definition) is 5. The van der Waals surface area contributed by atoms with Gasteiger partial charge in [-0.25, -0.2) is 9.97 Å². The lowest BCUT2D eigenvalue weighted by Gasteiger charge is -2.32. The van der Waals surface area contributed by atoms with E-state index >= 15 is 0 Å². The van der Waals surface area contributed by atoms with Crippen molar-refractivity contribution in [3.63, 3.8) is 0 Å². The van der Waals surface area contributed by atoms with Crippen molar-refractivity contribution in [2.45, 2.75) is 38.9 Å². The molecule has 1 aliphatic rings. The summed E-state index contributed by atoms with van der Waals surface area (Å²) in [4.78, 5) is 9.74. The molecule has 0 bridgehead atoms. The van der Waals surface area contributed by atoms with E-state index in [9.17, 15) is 0 Å². The van der Waals surface area contributed by atoms with Crippen LogP contribution in [0.3, 0.4) is 0 Å². The molecule has 0 spiro atoms. The van der Waals surface area contributed by atoms with Crippen LogP contribution in [0, 0.1) is 0 Å². The monoisotopic (exact) mass is 288 g/mol. The summed E-state index contributed by atoms with van der Waals surface area (Å²) in [6, 6.07) is 5.99. The third-order valence-electron chi connectivity index (χ3n) is 3.96. The molecular formula is C14H17BN2O2S. The molecule has 104 valence electrons. The van der Waals surface area contributed by atoms with Gasteiger partial charge in [0, 0.05) is 0 Å². The Morgan fingerprint density at radius 1 is 1.10 bits per heavy atom. The smallest absolute Gasteiger partial charge is 0.398 e. The second kappa shape index (κ2) is 4.65. The molecule has 20 heavy (non-hydrogen) atoms. The van der Waals surface area contributed by atoms with Gasteiger partial charge in [0.05, 0.1) is 27.4 Å². The van der Waals surface area contributed by atoms with Gasteiger partial charge in [-0.2, -0.15) is 0 Å². The highest BCUT2D eigenvalue weighted by molar-refractivity contribution is 7.13. The minimum absolute atomic E-state index is 0.355. The summed E-state index contributed by atoms with van der Waals surface area (Å²) in [5.74, 6) is 0. The maximum Gasteiger partial charge on any atom is 0.514 e. The largest absolute Gasteiger partial charge is 0.514 e. The molecule has 0 aromatic carbocycles. The minimum Gasteiger partial charge on any atom is -0.398 e. The van der Waals surface area contributed by atoms with Crippen molar-refractivity contribution >= 4 is 24.0 Å². The van der Waals surface area contributed by atoms with Crippen LogP contribution in [0.4, 0.5) is 0 Å². The molecule has 0 saturated carbocycles. The van der Waals surface area contributed by atoms with E-state index in [-0.39, 0.29) is 11.2 Å². The van der Waals surface area contributed by atoms with Crippen LogP contribution in [0.5, 0.6) is 0 Å². The Morgan fingerprint density at radius 2 is 1.80 bits per heavy atom. The molecule has 1 saturated heterocycles. The Bertz CT molecular complexity index is 597. The van der Waals surface area contributed by atoms with Gasteiger partial charge in [-0.1, -0.05) is 6.07 Å². The Morgan fingerprint density at radius 3 is 2.40 bits per heavy atom. The van der Waals surface area contributed by atoms with Gasteiger partial charge in [0.15, 0.2) is 0 Å². The Balaban J connectivity index is 1.91. The van der Waals surface area contributed by atoms with E-state index in [2.05, 4.69) is 9.97 Å². The summed E-state index contributed by atoms with van der Waals surface area (Å²) in [6.45, 7) is 8.14. The molecule has 3 rings (SSSR count). The molecule has 1 fully saturated rings. The lowest BCUT2D eigenvalue weighted by molar-refractivity contribution is 0.00578. The lowest BCUT2D eigenvalue weighted by Crippen LogP contribution is -2.41. The van der Waals surface area contributed by atoms with Gasteiger partial charge < -0.3 is 9.31 Å². The van der Waals surface area contributed by atoms with Gasteiger partial charge in [0.2, 0.25) is 0 Å². The van der Waals surface area contributed by atoms with Gasteiger partial charge in [-0.05, 0) is 45.2 Å².